The molecule has 0 radical (unpaired) electrons. The van der Waals surface area contributed by atoms with Gasteiger partial charge in [0.25, 0.3) is 5.91 Å². The molecule has 1 fully saturated rings. The van der Waals surface area contributed by atoms with E-state index in [2.05, 4.69) is 6.92 Å². The monoisotopic (exact) mass is 280 g/mol. The molecule has 2 rings (SSSR count). The van der Waals surface area contributed by atoms with Gasteiger partial charge >= 0.3 is 0 Å². The van der Waals surface area contributed by atoms with Crippen molar-refractivity contribution < 1.29 is 13.9 Å². The lowest BCUT2D eigenvalue weighted by Crippen LogP contribution is -2.45. The van der Waals surface area contributed by atoms with Gasteiger partial charge in [-0.3, -0.25) is 4.79 Å². The smallest absolute Gasteiger partial charge is 0.260 e. The molecule has 2 atom stereocenters. The van der Waals surface area contributed by atoms with Crippen LogP contribution in [0.3, 0.4) is 0 Å². The van der Waals surface area contributed by atoms with Crippen LogP contribution >= 0.6 is 0 Å². The average molecular weight is 280 g/mol. The quantitative estimate of drug-likeness (QED) is 0.920. The van der Waals surface area contributed by atoms with Crippen molar-refractivity contribution in [2.45, 2.75) is 13.3 Å². The second kappa shape index (κ2) is 6.22. The van der Waals surface area contributed by atoms with E-state index in [1.165, 1.54) is 19.2 Å². The van der Waals surface area contributed by atoms with Crippen molar-refractivity contribution in [1.82, 2.24) is 4.90 Å². The summed E-state index contributed by atoms with van der Waals surface area (Å²) < 4.78 is 19.0. The average Bonchev–Trinajstić information content (AvgIpc) is 2.46. The highest BCUT2D eigenvalue weighted by molar-refractivity contribution is 5.97. The van der Waals surface area contributed by atoms with Gasteiger partial charge in [0.2, 0.25) is 0 Å². The standard InChI is InChI=1S/C15H21FN2O2/c1-10-6-7-18(9-11(10)8-17)15(19)14-12(16)4-3-5-13(14)20-2/h3-5,10-11H,6-9,17H2,1-2H3. The lowest BCUT2D eigenvalue weighted by Gasteiger charge is -2.36. The highest BCUT2D eigenvalue weighted by atomic mass is 19.1. The molecule has 4 nitrogen and oxygen atoms in total. The summed E-state index contributed by atoms with van der Waals surface area (Å²) in [5, 5.41) is 0. The number of amides is 1. The minimum Gasteiger partial charge on any atom is -0.496 e. The maximum Gasteiger partial charge on any atom is 0.260 e. The summed E-state index contributed by atoms with van der Waals surface area (Å²) in [7, 11) is 1.44. The topological polar surface area (TPSA) is 55.6 Å². The fraction of sp³-hybridized carbons (Fsp3) is 0.533. The number of ether oxygens (including phenoxy) is 1. The van der Waals surface area contributed by atoms with Crippen LogP contribution in [-0.4, -0.2) is 37.6 Å². The predicted molar refractivity (Wildman–Crippen MR) is 75.2 cm³/mol. The van der Waals surface area contributed by atoms with Crippen molar-refractivity contribution >= 4 is 5.91 Å². The Morgan fingerprint density at radius 3 is 2.95 bits per heavy atom. The maximum absolute atomic E-state index is 13.9. The highest BCUT2D eigenvalue weighted by Crippen LogP contribution is 2.27. The SMILES string of the molecule is COc1cccc(F)c1C(=O)N1CCC(C)C(CN)C1. The zero-order valence-electron chi connectivity index (χ0n) is 11.9. The Morgan fingerprint density at radius 1 is 1.55 bits per heavy atom. The summed E-state index contributed by atoms with van der Waals surface area (Å²) in [6.45, 7) is 3.89. The van der Waals surface area contributed by atoms with Gasteiger partial charge in [-0.2, -0.15) is 0 Å². The van der Waals surface area contributed by atoms with Crippen molar-refractivity contribution in [3.63, 3.8) is 0 Å². The van der Waals surface area contributed by atoms with Crippen LogP contribution in [0.15, 0.2) is 18.2 Å². The van der Waals surface area contributed by atoms with Crippen LogP contribution in [0, 0.1) is 17.7 Å². The largest absolute Gasteiger partial charge is 0.496 e. The van der Waals surface area contributed by atoms with Gasteiger partial charge in [0, 0.05) is 13.1 Å². The minimum atomic E-state index is -0.544. The van der Waals surface area contributed by atoms with Crippen LogP contribution in [0.5, 0.6) is 5.75 Å². The molecule has 1 amide bonds. The van der Waals surface area contributed by atoms with Crippen LogP contribution < -0.4 is 10.5 Å². The van der Waals surface area contributed by atoms with E-state index in [4.69, 9.17) is 10.5 Å². The molecule has 1 aliphatic rings. The summed E-state index contributed by atoms with van der Waals surface area (Å²) in [4.78, 5) is 14.2. The van der Waals surface area contributed by atoms with E-state index in [0.29, 0.717) is 25.6 Å². The van der Waals surface area contributed by atoms with E-state index in [0.717, 1.165) is 6.42 Å². The summed E-state index contributed by atoms with van der Waals surface area (Å²) in [6, 6.07) is 4.41. The Morgan fingerprint density at radius 2 is 2.30 bits per heavy atom. The molecular weight excluding hydrogens is 259 g/mol. The molecule has 1 aromatic rings. The van der Waals surface area contributed by atoms with Crippen LogP contribution in [0.25, 0.3) is 0 Å². The molecule has 110 valence electrons. The second-order valence-electron chi connectivity index (χ2n) is 5.33. The van der Waals surface area contributed by atoms with Crippen molar-refractivity contribution in [3.05, 3.63) is 29.6 Å². The number of carbonyl (C=O) groups excluding carboxylic acids is 1. The number of benzene rings is 1. The third kappa shape index (κ3) is 2.77. The number of methoxy groups -OCH3 is 1. The van der Waals surface area contributed by atoms with E-state index >= 15 is 0 Å². The van der Waals surface area contributed by atoms with Crippen molar-refractivity contribution in [2.24, 2.45) is 17.6 Å². The first-order valence-electron chi connectivity index (χ1n) is 6.90. The number of carbonyl (C=O) groups is 1. The zero-order chi connectivity index (χ0) is 14.7. The molecule has 1 saturated heterocycles. The molecule has 0 bridgehead atoms. The van der Waals surface area contributed by atoms with Crippen LogP contribution in [0.1, 0.15) is 23.7 Å². The first-order chi connectivity index (χ1) is 9.58. The number of hydrogen-bond donors (Lipinski definition) is 1. The molecule has 5 heteroatoms. The Bertz CT molecular complexity index is 493. The molecule has 1 aromatic carbocycles. The first kappa shape index (κ1) is 14.8. The normalized spacial score (nSPS) is 22.7. The van der Waals surface area contributed by atoms with Gasteiger partial charge in [-0.1, -0.05) is 13.0 Å². The summed E-state index contributed by atoms with van der Waals surface area (Å²) in [6.07, 6.45) is 0.893. The van der Waals surface area contributed by atoms with Gasteiger partial charge in [-0.25, -0.2) is 4.39 Å². The van der Waals surface area contributed by atoms with Crippen LogP contribution in [-0.2, 0) is 0 Å². The lowest BCUT2D eigenvalue weighted by atomic mass is 9.87. The van der Waals surface area contributed by atoms with Gasteiger partial charge < -0.3 is 15.4 Å². The van der Waals surface area contributed by atoms with Gasteiger partial charge in [0.15, 0.2) is 0 Å². The highest BCUT2D eigenvalue weighted by Gasteiger charge is 2.30. The van der Waals surface area contributed by atoms with Crippen LogP contribution in [0.4, 0.5) is 4.39 Å². The third-order valence-electron chi connectivity index (χ3n) is 4.11. The number of nitrogens with two attached hydrogens (primary N) is 1. The number of nitrogens with zero attached hydrogens (tertiary/aromatic N) is 1. The number of rotatable bonds is 3. The predicted octanol–water partition coefficient (Wildman–Crippen LogP) is 1.89. The lowest BCUT2D eigenvalue weighted by molar-refractivity contribution is 0.0610. The van der Waals surface area contributed by atoms with E-state index in [1.807, 2.05) is 0 Å². The fourth-order valence-electron chi connectivity index (χ4n) is 2.68. The van der Waals surface area contributed by atoms with E-state index < -0.39 is 5.82 Å². The zero-order valence-corrected chi connectivity index (χ0v) is 11.9. The summed E-state index contributed by atoms with van der Waals surface area (Å²) in [5.74, 6) is 0.178. The van der Waals surface area contributed by atoms with Gasteiger partial charge in [-0.05, 0) is 36.9 Å². The first-order valence-corrected chi connectivity index (χ1v) is 6.90. The molecule has 0 spiro atoms. The van der Waals surface area contributed by atoms with Crippen molar-refractivity contribution in [1.29, 1.82) is 0 Å². The van der Waals surface area contributed by atoms with Gasteiger partial charge in [0.1, 0.15) is 17.1 Å². The summed E-state index contributed by atoms with van der Waals surface area (Å²) in [5.41, 5.74) is 5.76. The molecule has 0 saturated carbocycles. The molecule has 0 aromatic heterocycles. The number of hydrogen-bond acceptors (Lipinski definition) is 3. The van der Waals surface area contributed by atoms with Gasteiger partial charge in [-0.15, -0.1) is 0 Å². The molecule has 2 N–H and O–H groups in total. The molecule has 1 heterocycles. The van der Waals surface area contributed by atoms with Crippen LogP contribution in [0.2, 0.25) is 0 Å². The molecule has 0 aliphatic carbocycles. The van der Waals surface area contributed by atoms with Crippen molar-refractivity contribution in [2.75, 3.05) is 26.7 Å². The van der Waals surface area contributed by atoms with E-state index in [9.17, 15) is 9.18 Å². The number of halogens is 1. The Balaban J connectivity index is 2.24. The van der Waals surface area contributed by atoms with Gasteiger partial charge in [0.05, 0.1) is 7.11 Å². The van der Waals surface area contributed by atoms with E-state index in [-0.39, 0.29) is 23.1 Å². The molecular formula is C15H21FN2O2. The van der Waals surface area contributed by atoms with Crippen molar-refractivity contribution in [3.8, 4) is 5.75 Å². The third-order valence-corrected chi connectivity index (χ3v) is 4.11. The Hall–Kier alpha value is -1.62. The fourth-order valence-corrected chi connectivity index (χ4v) is 2.68. The van der Waals surface area contributed by atoms with E-state index in [1.54, 1.807) is 11.0 Å². The number of piperidine rings is 1. The Labute approximate surface area is 118 Å². The maximum atomic E-state index is 13.9. The Kier molecular flexibility index (Phi) is 4.60. The molecule has 2 unspecified atom stereocenters. The minimum absolute atomic E-state index is 0.0142. The molecule has 1 aliphatic heterocycles. The number of likely N-dealkylation sites (tertiary alicyclic amines) is 1. The second-order valence-corrected chi connectivity index (χ2v) is 5.33. The molecule has 20 heavy (non-hydrogen) atoms. The summed E-state index contributed by atoms with van der Waals surface area (Å²) >= 11 is 0.